The standard InChI is InChI=1S/C31H31N3OS/c35-31(24-10-4-1-5-11-24,25-12-6-2-7-13-25)26-20-22-34(23-21-26)30(36)33-29-18-16-28(17-19-29)32-27-14-8-3-9-15-27/h1-19,26,32,35H,20-23H2,(H,33,36). The fraction of sp³-hybridized carbons (Fsp3) is 0.194. The average molecular weight is 494 g/mol. The van der Waals surface area contributed by atoms with E-state index in [0.29, 0.717) is 0 Å². The fourth-order valence-corrected chi connectivity index (χ4v) is 5.35. The summed E-state index contributed by atoms with van der Waals surface area (Å²) in [5.74, 6) is 0.102. The van der Waals surface area contributed by atoms with Crippen LogP contribution >= 0.6 is 12.2 Å². The monoisotopic (exact) mass is 493 g/mol. The SMILES string of the molecule is OC(c1ccccc1)(c1ccccc1)C1CCN(C(=S)Nc2ccc(Nc3ccccc3)cc2)CC1. The predicted molar refractivity (Wildman–Crippen MR) is 153 cm³/mol. The van der Waals surface area contributed by atoms with Gasteiger partial charge in [0.25, 0.3) is 0 Å². The number of benzene rings is 4. The van der Waals surface area contributed by atoms with Gasteiger partial charge in [0.15, 0.2) is 5.11 Å². The van der Waals surface area contributed by atoms with Gasteiger partial charge in [-0.05, 0) is 78.5 Å². The van der Waals surface area contributed by atoms with E-state index < -0.39 is 5.60 Å². The zero-order chi connectivity index (χ0) is 24.8. The van der Waals surface area contributed by atoms with E-state index in [1.807, 2.05) is 115 Å². The van der Waals surface area contributed by atoms with Crippen molar-refractivity contribution in [3.63, 3.8) is 0 Å². The largest absolute Gasteiger partial charge is 0.380 e. The summed E-state index contributed by atoms with van der Waals surface area (Å²) >= 11 is 5.75. The Balaban J connectivity index is 1.22. The number of para-hydroxylation sites is 1. The molecule has 0 spiro atoms. The number of hydrogen-bond donors (Lipinski definition) is 3. The van der Waals surface area contributed by atoms with Gasteiger partial charge in [0, 0.05) is 30.2 Å². The number of rotatable bonds is 6. The fourth-order valence-electron chi connectivity index (χ4n) is 5.05. The van der Waals surface area contributed by atoms with Crippen LogP contribution in [0, 0.1) is 5.92 Å². The number of hydrogen-bond acceptors (Lipinski definition) is 3. The van der Waals surface area contributed by atoms with Crippen molar-refractivity contribution in [2.24, 2.45) is 5.92 Å². The highest BCUT2D eigenvalue weighted by Gasteiger charge is 2.41. The zero-order valence-corrected chi connectivity index (χ0v) is 21.0. The zero-order valence-electron chi connectivity index (χ0n) is 20.2. The van der Waals surface area contributed by atoms with Crippen LogP contribution in [0.3, 0.4) is 0 Å². The maximum absolute atomic E-state index is 12.1. The number of likely N-dealkylation sites (tertiary alicyclic amines) is 1. The minimum absolute atomic E-state index is 0.102. The summed E-state index contributed by atoms with van der Waals surface area (Å²) in [6, 6.07) is 38.4. The molecule has 0 saturated carbocycles. The Bertz CT molecular complexity index is 1220. The Labute approximate surface area is 218 Å². The maximum Gasteiger partial charge on any atom is 0.173 e. The van der Waals surface area contributed by atoms with Gasteiger partial charge < -0.3 is 20.6 Å². The summed E-state index contributed by atoms with van der Waals surface area (Å²) in [5.41, 5.74) is 3.91. The number of nitrogens with zero attached hydrogens (tertiary/aromatic N) is 1. The lowest BCUT2D eigenvalue weighted by atomic mass is 9.72. The summed E-state index contributed by atoms with van der Waals surface area (Å²) in [4.78, 5) is 2.21. The van der Waals surface area contributed by atoms with Gasteiger partial charge in [-0.15, -0.1) is 0 Å². The lowest BCUT2D eigenvalue weighted by molar-refractivity contribution is -0.00631. The van der Waals surface area contributed by atoms with Gasteiger partial charge in [-0.25, -0.2) is 0 Å². The topological polar surface area (TPSA) is 47.5 Å². The van der Waals surface area contributed by atoms with E-state index in [1.54, 1.807) is 0 Å². The minimum atomic E-state index is -1.02. The maximum atomic E-state index is 12.1. The molecule has 4 aromatic carbocycles. The van der Waals surface area contributed by atoms with Gasteiger partial charge in [0.2, 0.25) is 0 Å². The molecule has 3 N–H and O–H groups in total. The van der Waals surface area contributed by atoms with E-state index in [0.717, 1.165) is 59.2 Å². The highest BCUT2D eigenvalue weighted by atomic mass is 32.1. The van der Waals surface area contributed by atoms with Crippen LogP contribution in [0.5, 0.6) is 0 Å². The molecule has 0 aliphatic carbocycles. The summed E-state index contributed by atoms with van der Waals surface area (Å²) in [5, 5.41) is 19.6. The van der Waals surface area contributed by atoms with Crippen molar-refractivity contribution in [3.8, 4) is 0 Å². The molecule has 0 atom stereocenters. The smallest absolute Gasteiger partial charge is 0.173 e. The van der Waals surface area contributed by atoms with E-state index in [1.165, 1.54) is 0 Å². The second-order valence-corrected chi connectivity index (χ2v) is 9.64. The van der Waals surface area contributed by atoms with Crippen molar-refractivity contribution in [3.05, 3.63) is 126 Å². The van der Waals surface area contributed by atoms with Crippen molar-refractivity contribution in [1.82, 2.24) is 4.90 Å². The molecule has 182 valence electrons. The first-order chi connectivity index (χ1) is 17.6. The number of aliphatic hydroxyl groups is 1. The molecule has 1 heterocycles. The summed E-state index contributed by atoms with van der Waals surface area (Å²) in [6.45, 7) is 1.60. The molecule has 36 heavy (non-hydrogen) atoms. The molecule has 0 unspecified atom stereocenters. The van der Waals surface area contributed by atoms with Crippen LogP contribution in [0.25, 0.3) is 0 Å². The third-order valence-corrected chi connectivity index (χ3v) is 7.36. The number of thiocarbonyl (C=S) groups is 1. The molecule has 1 aliphatic rings. The van der Waals surface area contributed by atoms with Crippen LogP contribution in [-0.4, -0.2) is 28.2 Å². The molecule has 5 rings (SSSR count). The van der Waals surface area contributed by atoms with E-state index >= 15 is 0 Å². The van der Waals surface area contributed by atoms with Gasteiger partial charge in [0.1, 0.15) is 5.60 Å². The molecular weight excluding hydrogens is 462 g/mol. The van der Waals surface area contributed by atoms with Crippen LogP contribution < -0.4 is 10.6 Å². The Hall–Kier alpha value is -3.67. The van der Waals surface area contributed by atoms with Crippen LogP contribution in [0.2, 0.25) is 0 Å². The van der Waals surface area contributed by atoms with Gasteiger partial charge >= 0.3 is 0 Å². The number of nitrogens with one attached hydrogen (secondary N) is 2. The van der Waals surface area contributed by atoms with Crippen LogP contribution in [-0.2, 0) is 5.60 Å². The molecule has 1 fully saturated rings. The van der Waals surface area contributed by atoms with Crippen LogP contribution in [0.15, 0.2) is 115 Å². The summed E-state index contributed by atoms with van der Waals surface area (Å²) in [7, 11) is 0. The van der Waals surface area contributed by atoms with Gasteiger partial charge in [0.05, 0.1) is 0 Å². The minimum Gasteiger partial charge on any atom is -0.380 e. The highest BCUT2D eigenvalue weighted by molar-refractivity contribution is 7.80. The Morgan fingerprint density at radius 2 is 1.11 bits per heavy atom. The Kier molecular flexibility index (Phi) is 7.31. The van der Waals surface area contributed by atoms with Gasteiger partial charge in [-0.3, -0.25) is 0 Å². The second-order valence-electron chi connectivity index (χ2n) is 9.26. The molecule has 4 nitrogen and oxygen atoms in total. The van der Waals surface area contributed by atoms with Crippen LogP contribution in [0.4, 0.5) is 17.1 Å². The van der Waals surface area contributed by atoms with Crippen molar-refractivity contribution in [2.75, 3.05) is 23.7 Å². The molecule has 1 aliphatic heterocycles. The number of piperidine rings is 1. The van der Waals surface area contributed by atoms with Crippen molar-refractivity contribution in [1.29, 1.82) is 0 Å². The van der Waals surface area contributed by atoms with Crippen molar-refractivity contribution in [2.45, 2.75) is 18.4 Å². The normalized spacial score (nSPS) is 14.3. The average Bonchev–Trinajstić information content (AvgIpc) is 2.95. The van der Waals surface area contributed by atoms with E-state index in [9.17, 15) is 5.11 Å². The Morgan fingerprint density at radius 3 is 1.64 bits per heavy atom. The lowest BCUT2D eigenvalue weighted by Gasteiger charge is -2.43. The molecule has 0 aromatic heterocycles. The van der Waals surface area contributed by atoms with Gasteiger partial charge in [-0.1, -0.05) is 78.9 Å². The Morgan fingerprint density at radius 1 is 0.667 bits per heavy atom. The molecule has 5 heteroatoms. The quantitative estimate of drug-likeness (QED) is 0.259. The molecular formula is C31H31N3OS. The number of anilines is 3. The third-order valence-electron chi connectivity index (χ3n) is 7.00. The molecule has 0 radical (unpaired) electrons. The predicted octanol–water partition coefficient (Wildman–Crippen LogP) is 6.78. The molecule has 0 amide bonds. The third kappa shape index (κ3) is 5.27. The van der Waals surface area contributed by atoms with Gasteiger partial charge in [-0.2, -0.15) is 0 Å². The molecule has 1 saturated heterocycles. The lowest BCUT2D eigenvalue weighted by Crippen LogP contribution is -2.47. The first-order valence-electron chi connectivity index (χ1n) is 12.4. The van der Waals surface area contributed by atoms with Crippen molar-refractivity contribution < 1.29 is 5.11 Å². The first kappa shape index (κ1) is 24.0. The van der Waals surface area contributed by atoms with E-state index in [2.05, 4.69) is 15.5 Å². The summed E-state index contributed by atoms with van der Waals surface area (Å²) < 4.78 is 0. The van der Waals surface area contributed by atoms with Crippen LogP contribution in [0.1, 0.15) is 24.0 Å². The second kappa shape index (κ2) is 10.9. The first-order valence-corrected chi connectivity index (χ1v) is 12.9. The van der Waals surface area contributed by atoms with Crippen molar-refractivity contribution >= 4 is 34.4 Å². The van der Waals surface area contributed by atoms with E-state index in [-0.39, 0.29) is 5.92 Å². The van der Waals surface area contributed by atoms with E-state index in [4.69, 9.17) is 12.2 Å². The summed E-state index contributed by atoms with van der Waals surface area (Å²) in [6.07, 6.45) is 1.70. The molecule has 0 bridgehead atoms. The molecule has 4 aromatic rings. The highest BCUT2D eigenvalue weighted by Crippen LogP contribution is 2.42.